The van der Waals surface area contributed by atoms with E-state index in [2.05, 4.69) is 0 Å². The van der Waals surface area contributed by atoms with Crippen molar-refractivity contribution in [2.24, 2.45) is 0 Å². The Bertz CT molecular complexity index is 584. The number of hydrogen-bond donors (Lipinski definition) is 1. The van der Waals surface area contributed by atoms with Gasteiger partial charge in [-0.05, 0) is 31.2 Å². The number of hydrogen-bond acceptors (Lipinski definition) is 4. The highest BCUT2D eigenvalue weighted by Crippen LogP contribution is 2.33. The average Bonchev–Trinajstić information content (AvgIpc) is 2.44. The molecule has 5 heteroatoms. The van der Waals surface area contributed by atoms with E-state index in [0.717, 1.165) is 5.75 Å². The zero-order chi connectivity index (χ0) is 14.5. The Morgan fingerprint density at radius 2 is 1.70 bits per heavy atom. The Balaban J connectivity index is 2.21. The lowest BCUT2D eigenvalue weighted by Crippen LogP contribution is -1.96. The predicted octanol–water partition coefficient (Wildman–Crippen LogP) is 3.61. The van der Waals surface area contributed by atoms with Gasteiger partial charge in [-0.2, -0.15) is 0 Å². The number of nitrogen functional groups attached to an aromatic ring is 1. The molecule has 2 aromatic carbocycles. The minimum Gasteiger partial charge on any atom is -0.494 e. The zero-order valence-corrected chi connectivity index (χ0v) is 11.4. The van der Waals surface area contributed by atoms with E-state index in [1.54, 1.807) is 24.3 Å². The molecule has 106 valence electrons. The van der Waals surface area contributed by atoms with Gasteiger partial charge in [0.1, 0.15) is 17.2 Å². The van der Waals surface area contributed by atoms with E-state index < -0.39 is 5.82 Å². The second-order valence-electron chi connectivity index (χ2n) is 4.03. The Hall–Kier alpha value is -2.43. The molecule has 0 aromatic heterocycles. The van der Waals surface area contributed by atoms with Crippen LogP contribution in [0.2, 0.25) is 0 Å². The van der Waals surface area contributed by atoms with Crippen LogP contribution in [0, 0.1) is 5.82 Å². The standard InChI is InChI=1S/C15H16FNO3/c1-3-19-10-4-6-11(7-5-10)20-14-9-15(18-2)13(17)8-12(14)16/h4-9H,3,17H2,1-2H3. The normalized spacial score (nSPS) is 10.2. The molecular weight excluding hydrogens is 261 g/mol. The molecule has 0 bridgehead atoms. The van der Waals surface area contributed by atoms with Gasteiger partial charge in [0.05, 0.1) is 19.4 Å². The summed E-state index contributed by atoms with van der Waals surface area (Å²) in [6, 6.07) is 9.50. The number of methoxy groups -OCH3 is 1. The first-order valence-electron chi connectivity index (χ1n) is 6.17. The van der Waals surface area contributed by atoms with E-state index in [4.69, 9.17) is 19.9 Å². The van der Waals surface area contributed by atoms with Gasteiger partial charge < -0.3 is 19.9 Å². The lowest BCUT2D eigenvalue weighted by Gasteiger charge is -2.11. The van der Waals surface area contributed by atoms with Crippen molar-refractivity contribution in [2.75, 3.05) is 19.5 Å². The highest BCUT2D eigenvalue weighted by Gasteiger charge is 2.10. The third kappa shape index (κ3) is 3.12. The average molecular weight is 277 g/mol. The molecule has 0 radical (unpaired) electrons. The number of anilines is 1. The first-order chi connectivity index (χ1) is 9.63. The second-order valence-corrected chi connectivity index (χ2v) is 4.03. The van der Waals surface area contributed by atoms with Crippen molar-refractivity contribution < 1.29 is 18.6 Å². The van der Waals surface area contributed by atoms with Gasteiger partial charge in [0, 0.05) is 12.1 Å². The summed E-state index contributed by atoms with van der Waals surface area (Å²) in [6.45, 7) is 2.49. The van der Waals surface area contributed by atoms with E-state index in [0.29, 0.717) is 18.1 Å². The maximum Gasteiger partial charge on any atom is 0.168 e. The molecule has 0 atom stereocenters. The lowest BCUT2D eigenvalue weighted by molar-refractivity contribution is 0.339. The fraction of sp³-hybridized carbons (Fsp3) is 0.200. The topological polar surface area (TPSA) is 53.7 Å². The van der Waals surface area contributed by atoms with Crippen molar-refractivity contribution in [2.45, 2.75) is 6.92 Å². The molecule has 20 heavy (non-hydrogen) atoms. The predicted molar refractivity (Wildman–Crippen MR) is 75.0 cm³/mol. The summed E-state index contributed by atoms with van der Waals surface area (Å²) in [4.78, 5) is 0. The van der Waals surface area contributed by atoms with E-state index in [9.17, 15) is 4.39 Å². The highest BCUT2D eigenvalue weighted by atomic mass is 19.1. The van der Waals surface area contributed by atoms with Gasteiger partial charge in [-0.3, -0.25) is 0 Å². The van der Waals surface area contributed by atoms with Crippen molar-refractivity contribution in [1.82, 2.24) is 0 Å². The van der Waals surface area contributed by atoms with Crippen molar-refractivity contribution in [3.8, 4) is 23.0 Å². The van der Waals surface area contributed by atoms with Crippen molar-refractivity contribution in [3.05, 3.63) is 42.2 Å². The van der Waals surface area contributed by atoms with Crippen molar-refractivity contribution >= 4 is 5.69 Å². The number of nitrogens with two attached hydrogens (primary N) is 1. The van der Waals surface area contributed by atoms with E-state index in [-0.39, 0.29) is 11.4 Å². The van der Waals surface area contributed by atoms with Gasteiger partial charge >= 0.3 is 0 Å². The highest BCUT2D eigenvalue weighted by molar-refractivity contribution is 5.56. The summed E-state index contributed by atoms with van der Waals surface area (Å²) < 4.78 is 29.6. The molecule has 0 aliphatic rings. The van der Waals surface area contributed by atoms with Crippen LogP contribution in [0.15, 0.2) is 36.4 Å². The van der Waals surface area contributed by atoms with Gasteiger partial charge in [-0.15, -0.1) is 0 Å². The number of rotatable bonds is 5. The molecule has 0 fully saturated rings. The Kier molecular flexibility index (Phi) is 4.30. The number of halogens is 1. The summed E-state index contributed by atoms with van der Waals surface area (Å²) in [7, 11) is 1.46. The van der Waals surface area contributed by atoms with Gasteiger partial charge in [0.2, 0.25) is 0 Å². The van der Waals surface area contributed by atoms with Crippen LogP contribution < -0.4 is 19.9 Å². The van der Waals surface area contributed by atoms with Crippen molar-refractivity contribution in [3.63, 3.8) is 0 Å². The molecule has 0 saturated heterocycles. The summed E-state index contributed by atoms with van der Waals surface area (Å²) in [5, 5.41) is 0. The van der Waals surface area contributed by atoms with E-state index in [1.807, 2.05) is 6.92 Å². The fourth-order valence-corrected chi connectivity index (χ4v) is 1.70. The lowest BCUT2D eigenvalue weighted by atomic mass is 10.2. The quantitative estimate of drug-likeness (QED) is 0.848. The number of ether oxygens (including phenoxy) is 3. The van der Waals surface area contributed by atoms with Crippen LogP contribution in [0.5, 0.6) is 23.0 Å². The summed E-state index contributed by atoms with van der Waals surface area (Å²) in [6.07, 6.45) is 0. The van der Waals surface area contributed by atoms with Crippen LogP contribution in [0.25, 0.3) is 0 Å². The van der Waals surface area contributed by atoms with Crippen molar-refractivity contribution in [1.29, 1.82) is 0 Å². The van der Waals surface area contributed by atoms with E-state index in [1.165, 1.54) is 19.2 Å². The molecule has 0 aliphatic heterocycles. The molecule has 2 rings (SSSR count). The maximum absolute atomic E-state index is 13.8. The molecule has 4 nitrogen and oxygen atoms in total. The Morgan fingerprint density at radius 1 is 1.05 bits per heavy atom. The van der Waals surface area contributed by atoms with Gasteiger partial charge in [-0.25, -0.2) is 4.39 Å². The van der Waals surface area contributed by atoms with Gasteiger partial charge in [0.15, 0.2) is 11.6 Å². The van der Waals surface area contributed by atoms with Crippen LogP contribution in [-0.2, 0) is 0 Å². The van der Waals surface area contributed by atoms with Crippen LogP contribution in [-0.4, -0.2) is 13.7 Å². The third-order valence-electron chi connectivity index (χ3n) is 2.65. The maximum atomic E-state index is 13.8. The van der Waals surface area contributed by atoms with Crippen LogP contribution in [0.1, 0.15) is 6.92 Å². The molecule has 0 heterocycles. The summed E-state index contributed by atoms with van der Waals surface area (Å²) in [5.41, 5.74) is 5.84. The van der Waals surface area contributed by atoms with Crippen LogP contribution >= 0.6 is 0 Å². The van der Waals surface area contributed by atoms with Gasteiger partial charge in [-0.1, -0.05) is 0 Å². The smallest absolute Gasteiger partial charge is 0.168 e. The summed E-state index contributed by atoms with van der Waals surface area (Å²) >= 11 is 0. The van der Waals surface area contributed by atoms with Crippen LogP contribution in [0.4, 0.5) is 10.1 Å². The molecule has 0 spiro atoms. The molecule has 2 N–H and O–H groups in total. The Morgan fingerprint density at radius 3 is 2.30 bits per heavy atom. The number of benzene rings is 2. The minimum atomic E-state index is -0.544. The molecule has 0 unspecified atom stereocenters. The monoisotopic (exact) mass is 277 g/mol. The summed E-state index contributed by atoms with van der Waals surface area (Å²) in [5.74, 6) is 1.11. The zero-order valence-electron chi connectivity index (χ0n) is 11.4. The first-order valence-corrected chi connectivity index (χ1v) is 6.17. The molecule has 2 aromatic rings. The first kappa shape index (κ1) is 14.0. The second kappa shape index (κ2) is 6.14. The molecule has 0 aliphatic carbocycles. The van der Waals surface area contributed by atoms with E-state index >= 15 is 0 Å². The Labute approximate surface area is 116 Å². The largest absolute Gasteiger partial charge is 0.494 e. The molecular formula is C15H16FNO3. The SMILES string of the molecule is CCOc1ccc(Oc2cc(OC)c(N)cc2F)cc1. The minimum absolute atomic E-state index is 0.0557. The third-order valence-corrected chi connectivity index (χ3v) is 2.65. The molecule has 0 amide bonds. The fourth-order valence-electron chi connectivity index (χ4n) is 1.70. The van der Waals surface area contributed by atoms with Crippen LogP contribution in [0.3, 0.4) is 0 Å². The van der Waals surface area contributed by atoms with Gasteiger partial charge in [0.25, 0.3) is 0 Å². The molecule has 0 saturated carbocycles.